The minimum Gasteiger partial charge on any atom is -0.493 e. The highest BCUT2D eigenvalue weighted by Gasteiger charge is 2.43. The van der Waals surface area contributed by atoms with Gasteiger partial charge in [-0.05, 0) is 43.4 Å². The normalized spacial score (nSPS) is 25.6. The highest BCUT2D eigenvalue weighted by molar-refractivity contribution is 5.87. The van der Waals surface area contributed by atoms with E-state index in [0.717, 1.165) is 67.0 Å². The van der Waals surface area contributed by atoms with Crippen LogP contribution in [-0.2, 0) is 4.74 Å². The van der Waals surface area contributed by atoms with Crippen LogP contribution in [0.5, 0.6) is 11.5 Å². The number of benzene rings is 1. The van der Waals surface area contributed by atoms with E-state index in [1.165, 1.54) is 18.4 Å². The van der Waals surface area contributed by atoms with Gasteiger partial charge in [0, 0.05) is 37.1 Å². The van der Waals surface area contributed by atoms with E-state index in [0.29, 0.717) is 12.1 Å². The number of aryl methyl sites for hydroxylation is 1. The molecule has 1 saturated carbocycles. The Morgan fingerprint density at radius 3 is 2.57 bits per heavy atom. The summed E-state index contributed by atoms with van der Waals surface area (Å²) in [5.41, 5.74) is 2.16. The molecule has 0 unspecified atom stereocenters. The van der Waals surface area contributed by atoms with Crippen molar-refractivity contribution in [3.8, 4) is 11.5 Å². The first-order chi connectivity index (χ1) is 13.7. The predicted octanol–water partition coefficient (Wildman–Crippen LogP) is 2.86. The summed E-state index contributed by atoms with van der Waals surface area (Å²) in [4.78, 5) is 10.1. The van der Waals surface area contributed by atoms with Gasteiger partial charge in [0.1, 0.15) is 5.82 Å². The summed E-state index contributed by atoms with van der Waals surface area (Å²) in [6, 6.07) is 7.30. The first kappa shape index (κ1) is 18.0. The second-order valence-electron chi connectivity index (χ2n) is 8.30. The minimum absolute atomic E-state index is 0.469. The van der Waals surface area contributed by atoms with E-state index in [1.807, 2.05) is 12.1 Å². The molecule has 3 fully saturated rings. The molecule has 2 saturated heterocycles. The zero-order valence-corrected chi connectivity index (χ0v) is 17.0. The molecular formula is C22H29N3O3. The maximum Gasteiger partial charge on any atom is 0.162 e. The third-order valence-corrected chi connectivity index (χ3v) is 6.55. The number of ether oxygens (including phenoxy) is 3. The Hall–Kier alpha value is -2.05. The van der Waals surface area contributed by atoms with Gasteiger partial charge in [0.25, 0.3) is 0 Å². The van der Waals surface area contributed by atoms with Crippen molar-refractivity contribution in [3.05, 3.63) is 23.8 Å². The quantitative estimate of drug-likeness (QED) is 0.809. The van der Waals surface area contributed by atoms with Crippen molar-refractivity contribution in [1.29, 1.82) is 0 Å². The molecule has 28 heavy (non-hydrogen) atoms. The van der Waals surface area contributed by atoms with Gasteiger partial charge >= 0.3 is 0 Å². The van der Waals surface area contributed by atoms with Gasteiger partial charge in [0.05, 0.1) is 39.0 Å². The molecule has 0 N–H and O–H groups in total. The average Bonchev–Trinajstić information content (AvgIpc) is 3.57. The lowest BCUT2D eigenvalue weighted by Crippen LogP contribution is -2.62. The molecule has 150 valence electrons. The fourth-order valence-electron chi connectivity index (χ4n) is 4.84. The number of hydrogen-bond acceptors (Lipinski definition) is 6. The van der Waals surface area contributed by atoms with Gasteiger partial charge in [-0.2, -0.15) is 0 Å². The van der Waals surface area contributed by atoms with E-state index in [1.54, 1.807) is 14.2 Å². The van der Waals surface area contributed by atoms with Gasteiger partial charge in [-0.25, -0.2) is 4.98 Å². The molecule has 6 heteroatoms. The van der Waals surface area contributed by atoms with Crippen LogP contribution in [-0.4, -0.2) is 69.0 Å². The fourth-order valence-corrected chi connectivity index (χ4v) is 4.84. The van der Waals surface area contributed by atoms with Gasteiger partial charge in [-0.15, -0.1) is 0 Å². The van der Waals surface area contributed by atoms with E-state index in [-0.39, 0.29) is 0 Å². The lowest BCUT2D eigenvalue weighted by atomic mass is 10.0. The first-order valence-corrected chi connectivity index (χ1v) is 10.3. The molecule has 0 spiro atoms. The predicted molar refractivity (Wildman–Crippen MR) is 110 cm³/mol. The Bertz CT molecular complexity index is 883. The van der Waals surface area contributed by atoms with E-state index in [4.69, 9.17) is 19.2 Å². The van der Waals surface area contributed by atoms with E-state index in [2.05, 4.69) is 22.8 Å². The first-order valence-electron chi connectivity index (χ1n) is 10.3. The molecule has 0 radical (unpaired) electrons. The molecule has 0 bridgehead atoms. The third kappa shape index (κ3) is 3.08. The molecule has 2 aromatic rings. The molecule has 1 aromatic carbocycles. The number of rotatable bonds is 4. The number of pyridine rings is 1. The number of hydrogen-bond donors (Lipinski definition) is 0. The highest BCUT2D eigenvalue weighted by atomic mass is 16.5. The van der Waals surface area contributed by atoms with Crippen molar-refractivity contribution in [3.63, 3.8) is 0 Å². The lowest BCUT2D eigenvalue weighted by Gasteiger charge is -2.48. The summed E-state index contributed by atoms with van der Waals surface area (Å²) in [5.74, 6) is 3.37. The summed E-state index contributed by atoms with van der Waals surface area (Å²) < 4.78 is 16.9. The van der Waals surface area contributed by atoms with Crippen LogP contribution in [0.25, 0.3) is 10.9 Å². The Kier molecular flexibility index (Phi) is 4.56. The number of piperazine rings is 1. The zero-order valence-electron chi connectivity index (χ0n) is 17.0. The molecule has 3 heterocycles. The summed E-state index contributed by atoms with van der Waals surface area (Å²) in [7, 11) is 3.33. The van der Waals surface area contributed by atoms with E-state index in [9.17, 15) is 0 Å². The summed E-state index contributed by atoms with van der Waals surface area (Å²) in [6.45, 7) is 6.98. The minimum atomic E-state index is 0.469. The van der Waals surface area contributed by atoms with Crippen LogP contribution in [0.15, 0.2) is 18.2 Å². The van der Waals surface area contributed by atoms with Crippen molar-refractivity contribution in [2.75, 3.05) is 52.0 Å². The maximum atomic E-state index is 5.97. The van der Waals surface area contributed by atoms with Crippen LogP contribution in [0.4, 0.5) is 5.82 Å². The standard InChI is InChI=1S/C22H29N3O3/c1-14-8-22(23-18-10-21(27-3)20(26-2)9-17(14)18)24-6-7-25-16(11-24)12-28-13-19(25)15-4-5-15/h8-10,15-16,19H,4-7,11-13H2,1-3H3/t16-,19-/m1/s1. The number of fused-ring (bicyclic) bond motifs is 2. The molecule has 5 rings (SSSR count). The van der Waals surface area contributed by atoms with Crippen molar-refractivity contribution < 1.29 is 14.2 Å². The van der Waals surface area contributed by atoms with Crippen molar-refractivity contribution in [2.24, 2.45) is 5.92 Å². The number of methoxy groups -OCH3 is 2. The number of anilines is 1. The van der Waals surface area contributed by atoms with Crippen LogP contribution in [0.3, 0.4) is 0 Å². The SMILES string of the molecule is COc1cc2nc(N3CCN4[C@@H](COC[C@@H]4C4CC4)C3)cc(C)c2cc1OC. The second kappa shape index (κ2) is 7.08. The Labute approximate surface area is 166 Å². The van der Waals surface area contributed by atoms with Gasteiger partial charge in [0.15, 0.2) is 11.5 Å². The molecule has 2 atom stereocenters. The molecule has 0 amide bonds. The van der Waals surface area contributed by atoms with Crippen LogP contribution in [0.2, 0.25) is 0 Å². The molecule has 2 aliphatic heterocycles. The summed E-state index contributed by atoms with van der Waals surface area (Å²) in [5, 5.41) is 1.11. The van der Waals surface area contributed by atoms with Crippen molar-refractivity contribution in [1.82, 2.24) is 9.88 Å². The summed E-state index contributed by atoms with van der Waals surface area (Å²) >= 11 is 0. The van der Waals surface area contributed by atoms with Crippen LogP contribution < -0.4 is 14.4 Å². The number of nitrogens with zero attached hydrogens (tertiary/aromatic N) is 3. The summed E-state index contributed by atoms with van der Waals surface area (Å²) in [6.07, 6.45) is 2.75. The van der Waals surface area contributed by atoms with Gasteiger partial charge in [-0.1, -0.05) is 0 Å². The monoisotopic (exact) mass is 383 g/mol. The highest BCUT2D eigenvalue weighted by Crippen LogP contribution is 2.39. The van der Waals surface area contributed by atoms with Crippen LogP contribution >= 0.6 is 0 Å². The third-order valence-electron chi connectivity index (χ3n) is 6.55. The van der Waals surface area contributed by atoms with E-state index >= 15 is 0 Å². The van der Waals surface area contributed by atoms with E-state index < -0.39 is 0 Å². The maximum absolute atomic E-state index is 5.97. The Morgan fingerprint density at radius 2 is 1.82 bits per heavy atom. The average molecular weight is 383 g/mol. The van der Waals surface area contributed by atoms with Gasteiger partial charge in [0.2, 0.25) is 0 Å². The van der Waals surface area contributed by atoms with Gasteiger partial charge < -0.3 is 19.1 Å². The van der Waals surface area contributed by atoms with Crippen LogP contribution in [0.1, 0.15) is 18.4 Å². The molecule has 1 aliphatic carbocycles. The van der Waals surface area contributed by atoms with Crippen molar-refractivity contribution >= 4 is 16.7 Å². The topological polar surface area (TPSA) is 47.1 Å². The molecule has 6 nitrogen and oxygen atoms in total. The molecular weight excluding hydrogens is 354 g/mol. The zero-order chi connectivity index (χ0) is 19.3. The fraction of sp³-hybridized carbons (Fsp3) is 0.591. The van der Waals surface area contributed by atoms with Gasteiger partial charge in [-0.3, -0.25) is 4.90 Å². The smallest absolute Gasteiger partial charge is 0.162 e. The largest absolute Gasteiger partial charge is 0.493 e. The number of morpholine rings is 1. The Balaban J connectivity index is 1.43. The number of aromatic nitrogens is 1. The lowest BCUT2D eigenvalue weighted by molar-refractivity contribution is -0.0603. The Morgan fingerprint density at radius 1 is 1.04 bits per heavy atom. The van der Waals surface area contributed by atoms with Crippen molar-refractivity contribution in [2.45, 2.75) is 31.8 Å². The molecule has 1 aromatic heterocycles. The second-order valence-corrected chi connectivity index (χ2v) is 8.30. The molecule has 3 aliphatic rings. The van der Waals surface area contributed by atoms with Crippen LogP contribution in [0, 0.1) is 12.8 Å².